The largest absolute Gasteiger partial charge is 0.0856 e. The molecule has 0 fully saturated rings. The molecule has 0 radical (unpaired) electrons. The normalized spacial score (nSPS) is 25.2. The SMILES string of the molecule is CC(C)=CCC1CC=C(C)C(/C=C/C(C)=C/C=C/C(C)=C/C=C/C=C(C)/C=C/C=C(C)/C=C/C2C(C)=CCC(CC=C(C)C)C2(C)C)C1(C)C. The van der Waals surface area contributed by atoms with Crippen molar-refractivity contribution >= 4 is 0 Å². The van der Waals surface area contributed by atoms with Crippen molar-refractivity contribution in [2.24, 2.45) is 34.5 Å². The Hall–Kier alpha value is -3.38. The van der Waals surface area contributed by atoms with Gasteiger partial charge in [0, 0.05) is 11.8 Å². The minimum absolute atomic E-state index is 0.248. The highest BCUT2D eigenvalue weighted by Crippen LogP contribution is 2.48. The van der Waals surface area contributed by atoms with E-state index in [0.29, 0.717) is 23.7 Å². The molecular formula is C50H72. The van der Waals surface area contributed by atoms with Crippen LogP contribution < -0.4 is 0 Å². The van der Waals surface area contributed by atoms with Crippen LogP contribution in [0.15, 0.2) is 154 Å². The molecule has 4 atom stereocenters. The second-order valence-corrected chi connectivity index (χ2v) is 16.9. The van der Waals surface area contributed by atoms with E-state index in [-0.39, 0.29) is 10.8 Å². The third-order valence-corrected chi connectivity index (χ3v) is 11.1. The first kappa shape index (κ1) is 42.8. The van der Waals surface area contributed by atoms with Crippen LogP contribution in [0.2, 0.25) is 0 Å². The maximum absolute atomic E-state index is 2.47. The van der Waals surface area contributed by atoms with Gasteiger partial charge in [-0.15, -0.1) is 0 Å². The lowest BCUT2D eigenvalue weighted by Crippen LogP contribution is -2.35. The third-order valence-electron chi connectivity index (χ3n) is 11.1. The molecule has 0 aromatic rings. The third kappa shape index (κ3) is 14.1. The zero-order valence-corrected chi connectivity index (χ0v) is 34.5. The van der Waals surface area contributed by atoms with Crippen molar-refractivity contribution < 1.29 is 0 Å². The zero-order valence-electron chi connectivity index (χ0n) is 34.5. The van der Waals surface area contributed by atoms with Gasteiger partial charge in [-0.3, -0.25) is 0 Å². The molecule has 0 saturated carbocycles. The first-order valence-electron chi connectivity index (χ1n) is 19.1. The minimum atomic E-state index is 0.248. The van der Waals surface area contributed by atoms with Crippen LogP contribution in [0.4, 0.5) is 0 Å². The Morgan fingerprint density at radius 3 is 1.18 bits per heavy atom. The van der Waals surface area contributed by atoms with E-state index in [1.54, 1.807) is 0 Å². The van der Waals surface area contributed by atoms with E-state index in [1.165, 1.54) is 57.4 Å². The van der Waals surface area contributed by atoms with Gasteiger partial charge in [0.2, 0.25) is 0 Å². The number of rotatable bonds is 14. The number of allylic oxidation sites excluding steroid dienone is 26. The summed E-state index contributed by atoms with van der Waals surface area (Å²) in [6.07, 6.45) is 45.6. The summed E-state index contributed by atoms with van der Waals surface area (Å²) in [7, 11) is 0. The van der Waals surface area contributed by atoms with E-state index in [4.69, 9.17) is 0 Å². The molecule has 50 heavy (non-hydrogen) atoms. The molecule has 0 heterocycles. The first-order chi connectivity index (χ1) is 23.4. The van der Waals surface area contributed by atoms with E-state index < -0.39 is 0 Å². The van der Waals surface area contributed by atoms with E-state index in [9.17, 15) is 0 Å². The summed E-state index contributed by atoms with van der Waals surface area (Å²) < 4.78 is 0. The quantitative estimate of drug-likeness (QED) is 0.127. The van der Waals surface area contributed by atoms with E-state index in [0.717, 1.165) is 12.8 Å². The Bertz CT molecular complexity index is 1410. The van der Waals surface area contributed by atoms with Crippen LogP contribution in [-0.4, -0.2) is 0 Å². The maximum atomic E-state index is 2.47. The maximum Gasteiger partial charge on any atom is 0.00313 e. The van der Waals surface area contributed by atoms with Crippen molar-refractivity contribution in [3.05, 3.63) is 154 Å². The van der Waals surface area contributed by atoms with Gasteiger partial charge in [0.25, 0.3) is 0 Å². The van der Waals surface area contributed by atoms with Crippen LogP contribution in [0.1, 0.15) is 123 Å². The molecule has 272 valence electrons. The Kier molecular flexibility index (Phi) is 17.5. The van der Waals surface area contributed by atoms with Crippen LogP contribution >= 0.6 is 0 Å². The van der Waals surface area contributed by atoms with E-state index in [1.807, 2.05) is 0 Å². The summed E-state index contributed by atoms with van der Waals surface area (Å²) in [5.41, 5.74) is 11.3. The fourth-order valence-electron chi connectivity index (χ4n) is 7.39. The first-order valence-corrected chi connectivity index (χ1v) is 19.1. The van der Waals surface area contributed by atoms with Crippen LogP contribution in [0.3, 0.4) is 0 Å². The standard InChI is InChI=1S/C50H72/c1-37(2)25-31-45-33-29-43(9)47(49(45,11)12)35-27-41(7)23-17-21-39(5)19-15-16-20-40(6)22-18-24-42(8)28-36-48-44(10)30-34-46(50(48,13)14)32-26-38(3)4/h15-30,35-36,45-48H,31-34H2,1-14H3/b16-15+,21-17+,22-18+,35-27+,36-28+,39-19+,40-20+,41-23+,42-24+. The highest BCUT2D eigenvalue weighted by molar-refractivity contribution is 5.33. The summed E-state index contributed by atoms with van der Waals surface area (Å²) in [6, 6.07) is 0. The van der Waals surface area contributed by atoms with Crippen LogP contribution in [0.25, 0.3) is 0 Å². The van der Waals surface area contributed by atoms with Crippen LogP contribution in [0.5, 0.6) is 0 Å². The van der Waals surface area contributed by atoms with Gasteiger partial charge in [-0.05, 0) is 118 Å². The molecule has 0 aromatic carbocycles. The predicted octanol–water partition coefficient (Wildman–Crippen LogP) is 15.5. The summed E-state index contributed by atoms with van der Waals surface area (Å²) in [6.45, 7) is 31.9. The number of hydrogen-bond acceptors (Lipinski definition) is 0. The zero-order chi connectivity index (χ0) is 37.5. The van der Waals surface area contributed by atoms with Crippen molar-refractivity contribution in [3.63, 3.8) is 0 Å². The van der Waals surface area contributed by atoms with Crippen molar-refractivity contribution in [1.82, 2.24) is 0 Å². The summed E-state index contributed by atoms with van der Waals surface area (Å²) in [5, 5.41) is 0. The van der Waals surface area contributed by atoms with Gasteiger partial charge in [-0.1, -0.05) is 182 Å². The Balaban J connectivity index is 1.94. The molecule has 4 unspecified atom stereocenters. The summed E-state index contributed by atoms with van der Waals surface area (Å²) >= 11 is 0. The minimum Gasteiger partial charge on any atom is -0.0856 e. The molecule has 0 nitrogen and oxygen atoms in total. The average Bonchev–Trinajstić information content (AvgIpc) is 3.01. The van der Waals surface area contributed by atoms with Crippen molar-refractivity contribution in [3.8, 4) is 0 Å². The van der Waals surface area contributed by atoms with Crippen molar-refractivity contribution in [2.45, 2.75) is 123 Å². The molecule has 0 aliphatic heterocycles. The predicted molar refractivity (Wildman–Crippen MR) is 227 cm³/mol. The second-order valence-electron chi connectivity index (χ2n) is 16.9. The number of hydrogen-bond donors (Lipinski definition) is 0. The summed E-state index contributed by atoms with van der Waals surface area (Å²) in [5.74, 6) is 2.30. The molecule has 0 spiro atoms. The molecule has 2 aliphatic carbocycles. The van der Waals surface area contributed by atoms with Gasteiger partial charge in [-0.2, -0.15) is 0 Å². The smallest absolute Gasteiger partial charge is 0.00313 e. The van der Waals surface area contributed by atoms with Crippen LogP contribution in [0, 0.1) is 34.5 Å². The second kappa shape index (κ2) is 20.5. The van der Waals surface area contributed by atoms with Gasteiger partial charge in [0.1, 0.15) is 0 Å². The fraction of sp³-hybridized carbons (Fsp3) is 0.480. The Morgan fingerprint density at radius 1 is 0.520 bits per heavy atom. The molecule has 0 aromatic heterocycles. The van der Waals surface area contributed by atoms with Gasteiger partial charge in [0.15, 0.2) is 0 Å². The lowest BCUT2D eigenvalue weighted by molar-refractivity contribution is 0.154. The van der Waals surface area contributed by atoms with E-state index in [2.05, 4.69) is 206 Å². The van der Waals surface area contributed by atoms with Gasteiger partial charge >= 0.3 is 0 Å². The molecule has 0 amide bonds. The monoisotopic (exact) mass is 673 g/mol. The lowest BCUT2D eigenvalue weighted by atomic mass is 9.61. The van der Waals surface area contributed by atoms with Crippen molar-refractivity contribution in [2.75, 3.05) is 0 Å². The molecule has 0 N–H and O–H groups in total. The molecule has 0 bridgehead atoms. The lowest BCUT2D eigenvalue weighted by Gasteiger charge is -2.43. The van der Waals surface area contributed by atoms with Gasteiger partial charge in [-0.25, -0.2) is 0 Å². The Morgan fingerprint density at radius 2 is 0.840 bits per heavy atom. The van der Waals surface area contributed by atoms with Crippen molar-refractivity contribution in [1.29, 1.82) is 0 Å². The molecular weight excluding hydrogens is 601 g/mol. The highest BCUT2D eigenvalue weighted by atomic mass is 14.4. The van der Waals surface area contributed by atoms with Gasteiger partial charge < -0.3 is 0 Å². The Labute approximate surface area is 310 Å². The molecule has 0 saturated heterocycles. The molecule has 2 rings (SSSR count). The molecule has 0 heteroatoms. The average molecular weight is 673 g/mol. The summed E-state index contributed by atoms with van der Waals surface area (Å²) in [4.78, 5) is 0. The van der Waals surface area contributed by atoms with E-state index >= 15 is 0 Å². The fourth-order valence-corrected chi connectivity index (χ4v) is 7.39. The highest BCUT2D eigenvalue weighted by Gasteiger charge is 2.39. The van der Waals surface area contributed by atoms with Gasteiger partial charge in [0.05, 0.1) is 0 Å². The topological polar surface area (TPSA) is 0 Å². The molecule has 2 aliphatic rings. The van der Waals surface area contributed by atoms with Crippen LogP contribution in [-0.2, 0) is 0 Å².